The molecule has 1 aromatic carbocycles. The molecule has 104 valence electrons. The summed E-state index contributed by atoms with van der Waals surface area (Å²) in [5, 5.41) is 10.7. The zero-order valence-corrected chi connectivity index (χ0v) is 11.9. The first-order valence-electron chi connectivity index (χ1n) is 5.19. The average Bonchev–Trinajstić information content (AvgIpc) is 2.29. The topological polar surface area (TPSA) is 86.5 Å². The van der Waals surface area contributed by atoms with Crippen LogP contribution in [0.25, 0.3) is 0 Å². The second-order valence-electron chi connectivity index (χ2n) is 3.84. The van der Waals surface area contributed by atoms with Crippen molar-refractivity contribution in [3.8, 4) is 5.75 Å². The first-order chi connectivity index (χ1) is 8.66. The fourth-order valence-corrected chi connectivity index (χ4v) is 2.43. The van der Waals surface area contributed by atoms with E-state index in [1.807, 2.05) is 0 Å². The van der Waals surface area contributed by atoms with Gasteiger partial charge < -0.3 is 4.74 Å². The van der Waals surface area contributed by atoms with E-state index in [1.54, 1.807) is 6.92 Å². The summed E-state index contributed by atoms with van der Waals surface area (Å²) in [6.45, 7) is 6.66. The minimum Gasteiger partial charge on any atom is -0.485 e. The predicted octanol–water partition coefficient (Wildman–Crippen LogP) is 2.78. The highest BCUT2D eigenvalue weighted by Gasteiger charge is 2.24. The van der Waals surface area contributed by atoms with Gasteiger partial charge in [-0.05, 0) is 19.4 Å². The monoisotopic (exact) mass is 305 g/mol. The standard InChI is InChI=1S/C11H12ClNO5S/c1-4-8(3)18-11-7(2)5-9(13(14)15)6-10(11)19(12,16)17/h4-6,8H,1H2,2-3H3. The fraction of sp³-hybridized carbons (Fsp3) is 0.273. The Kier molecular flexibility index (Phi) is 4.54. The molecule has 0 aliphatic rings. The van der Waals surface area contributed by atoms with E-state index in [2.05, 4.69) is 6.58 Å². The number of benzene rings is 1. The van der Waals surface area contributed by atoms with Gasteiger partial charge in [0.2, 0.25) is 0 Å². The molecule has 1 aromatic rings. The summed E-state index contributed by atoms with van der Waals surface area (Å²) >= 11 is 0. The molecule has 0 aliphatic carbocycles. The first-order valence-corrected chi connectivity index (χ1v) is 7.50. The van der Waals surface area contributed by atoms with Gasteiger partial charge in [0.05, 0.1) is 4.92 Å². The molecule has 0 fully saturated rings. The maximum absolute atomic E-state index is 11.5. The third-order valence-corrected chi connectivity index (χ3v) is 3.66. The molecular weight excluding hydrogens is 294 g/mol. The summed E-state index contributed by atoms with van der Waals surface area (Å²) in [6.07, 6.45) is 1.00. The Bertz CT molecular complexity index is 626. The Morgan fingerprint density at radius 3 is 2.53 bits per heavy atom. The van der Waals surface area contributed by atoms with Crippen LogP contribution < -0.4 is 4.74 Å². The number of nitrogens with zero attached hydrogens (tertiary/aromatic N) is 1. The van der Waals surface area contributed by atoms with Crippen LogP contribution in [-0.2, 0) is 9.05 Å². The molecule has 0 N–H and O–H groups in total. The van der Waals surface area contributed by atoms with Gasteiger partial charge in [0, 0.05) is 22.8 Å². The van der Waals surface area contributed by atoms with Gasteiger partial charge in [0.25, 0.3) is 14.7 Å². The maximum atomic E-state index is 11.5. The summed E-state index contributed by atoms with van der Waals surface area (Å²) in [5.74, 6) is -0.00648. The van der Waals surface area contributed by atoms with Crippen LogP contribution in [0.1, 0.15) is 12.5 Å². The third kappa shape index (κ3) is 3.68. The Morgan fingerprint density at radius 2 is 2.11 bits per heavy atom. The van der Waals surface area contributed by atoms with Crippen molar-refractivity contribution in [2.24, 2.45) is 0 Å². The highest BCUT2D eigenvalue weighted by molar-refractivity contribution is 8.13. The van der Waals surface area contributed by atoms with E-state index in [4.69, 9.17) is 15.4 Å². The molecular formula is C11H12ClNO5S. The van der Waals surface area contributed by atoms with E-state index in [0.717, 1.165) is 6.07 Å². The molecule has 6 nitrogen and oxygen atoms in total. The molecule has 0 saturated heterocycles. The lowest BCUT2D eigenvalue weighted by Crippen LogP contribution is -2.11. The van der Waals surface area contributed by atoms with Gasteiger partial charge in [0.15, 0.2) is 0 Å². The molecule has 1 unspecified atom stereocenters. The number of halogens is 1. The van der Waals surface area contributed by atoms with Crippen LogP contribution in [-0.4, -0.2) is 19.4 Å². The number of non-ortho nitro benzene ring substituents is 1. The molecule has 0 radical (unpaired) electrons. The number of aryl methyl sites for hydroxylation is 1. The van der Waals surface area contributed by atoms with Crippen LogP contribution in [0.3, 0.4) is 0 Å². The number of hydrogen-bond donors (Lipinski definition) is 0. The molecule has 8 heteroatoms. The molecule has 0 heterocycles. The molecule has 0 saturated carbocycles. The van der Waals surface area contributed by atoms with Crippen molar-refractivity contribution in [2.45, 2.75) is 24.8 Å². The van der Waals surface area contributed by atoms with Crippen molar-refractivity contribution >= 4 is 25.4 Å². The third-order valence-electron chi connectivity index (χ3n) is 2.33. The van der Waals surface area contributed by atoms with Gasteiger partial charge in [0.1, 0.15) is 16.7 Å². The molecule has 1 rings (SSSR count). The summed E-state index contributed by atoms with van der Waals surface area (Å²) in [4.78, 5) is 9.62. The lowest BCUT2D eigenvalue weighted by molar-refractivity contribution is -0.385. The smallest absolute Gasteiger partial charge is 0.271 e. The maximum Gasteiger partial charge on any atom is 0.271 e. The lowest BCUT2D eigenvalue weighted by Gasteiger charge is -2.15. The zero-order valence-electron chi connectivity index (χ0n) is 10.3. The second-order valence-corrected chi connectivity index (χ2v) is 6.38. The van der Waals surface area contributed by atoms with E-state index in [9.17, 15) is 18.5 Å². The van der Waals surface area contributed by atoms with E-state index >= 15 is 0 Å². The zero-order chi connectivity index (χ0) is 14.8. The van der Waals surface area contributed by atoms with Crippen molar-refractivity contribution in [1.29, 1.82) is 0 Å². The Hall–Kier alpha value is -1.60. The highest BCUT2D eigenvalue weighted by Crippen LogP contribution is 2.35. The Labute approximate surface area is 115 Å². The first kappa shape index (κ1) is 15.5. The van der Waals surface area contributed by atoms with E-state index in [1.165, 1.54) is 19.1 Å². The minimum absolute atomic E-state index is 0.00648. The molecule has 0 amide bonds. The molecule has 1 atom stereocenters. The SMILES string of the molecule is C=CC(C)Oc1c(C)cc([N+](=O)[O-])cc1S(=O)(=O)Cl. The van der Waals surface area contributed by atoms with Crippen molar-refractivity contribution < 1.29 is 18.1 Å². The lowest BCUT2D eigenvalue weighted by atomic mass is 10.2. The van der Waals surface area contributed by atoms with Crippen molar-refractivity contribution in [1.82, 2.24) is 0 Å². The largest absolute Gasteiger partial charge is 0.485 e. The quantitative estimate of drug-likeness (QED) is 0.361. The summed E-state index contributed by atoms with van der Waals surface area (Å²) < 4.78 is 28.4. The number of ether oxygens (including phenoxy) is 1. The van der Waals surface area contributed by atoms with E-state index < -0.39 is 25.0 Å². The fourth-order valence-electron chi connectivity index (χ4n) is 1.39. The summed E-state index contributed by atoms with van der Waals surface area (Å²) in [5.41, 5.74) is -0.0579. The number of nitro benzene ring substituents is 1. The van der Waals surface area contributed by atoms with Crippen LogP contribution in [0.15, 0.2) is 29.7 Å². The minimum atomic E-state index is -4.16. The van der Waals surface area contributed by atoms with Crippen molar-refractivity contribution in [3.05, 3.63) is 40.5 Å². The van der Waals surface area contributed by atoms with Crippen LogP contribution in [0.2, 0.25) is 0 Å². The molecule has 0 bridgehead atoms. The van der Waals surface area contributed by atoms with Gasteiger partial charge >= 0.3 is 0 Å². The van der Waals surface area contributed by atoms with Crippen molar-refractivity contribution in [3.63, 3.8) is 0 Å². The van der Waals surface area contributed by atoms with Gasteiger partial charge in [-0.3, -0.25) is 10.1 Å². The predicted molar refractivity (Wildman–Crippen MR) is 71.2 cm³/mol. The normalized spacial score (nSPS) is 12.8. The number of rotatable bonds is 5. The molecule has 19 heavy (non-hydrogen) atoms. The van der Waals surface area contributed by atoms with Gasteiger partial charge in [-0.15, -0.1) is 0 Å². The molecule has 0 spiro atoms. The van der Waals surface area contributed by atoms with Crippen LogP contribution >= 0.6 is 10.7 Å². The van der Waals surface area contributed by atoms with E-state index in [-0.39, 0.29) is 11.4 Å². The molecule has 0 aromatic heterocycles. The van der Waals surface area contributed by atoms with Gasteiger partial charge in [-0.1, -0.05) is 12.7 Å². The van der Waals surface area contributed by atoms with Crippen LogP contribution in [0.5, 0.6) is 5.75 Å². The summed E-state index contributed by atoms with van der Waals surface area (Å²) in [7, 11) is 1.13. The number of nitro groups is 1. The van der Waals surface area contributed by atoms with Gasteiger partial charge in [-0.2, -0.15) is 0 Å². The second kappa shape index (κ2) is 5.58. The Balaban J connectivity index is 3.53. The Morgan fingerprint density at radius 1 is 1.53 bits per heavy atom. The van der Waals surface area contributed by atoms with Crippen LogP contribution in [0, 0.1) is 17.0 Å². The van der Waals surface area contributed by atoms with Crippen LogP contribution in [0.4, 0.5) is 5.69 Å². The highest BCUT2D eigenvalue weighted by atomic mass is 35.7. The molecule has 0 aliphatic heterocycles. The van der Waals surface area contributed by atoms with Gasteiger partial charge in [-0.25, -0.2) is 8.42 Å². The average molecular weight is 306 g/mol. The van der Waals surface area contributed by atoms with Crippen molar-refractivity contribution in [2.75, 3.05) is 0 Å². The number of hydrogen-bond acceptors (Lipinski definition) is 5. The van der Waals surface area contributed by atoms with E-state index in [0.29, 0.717) is 5.56 Å². The summed E-state index contributed by atoms with van der Waals surface area (Å²) in [6, 6.07) is 2.09.